The number of benzene rings is 1. The van der Waals surface area contributed by atoms with Crippen LogP contribution in [0.1, 0.15) is 32.6 Å². The summed E-state index contributed by atoms with van der Waals surface area (Å²) in [7, 11) is 3.65. The lowest BCUT2D eigenvalue weighted by molar-refractivity contribution is -0.122. The summed E-state index contributed by atoms with van der Waals surface area (Å²) in [6.45, 7) is 5.21. The third-order valence-corrected chi connectivity index (χ3v) is 4.94. The lowest BCUT2D eigenvalue weighted by Crippen LogP contribution is -2.47. The summed E-state index contributed by atoms with van der Waals surface area (Å²) < 4.78 is 5.15. The molecule has 0 bridgehead atoms. The summed E-state index contributed by atoms with van der Waals surface area (Å²) in [5.74, 6) is 1.68. The number of nitrogens with zero attached hydrogens (tertiary/aromatic N) is 1. The molecular formula is C19H32ClN3O2. The first-order valence-corrected chi connectivity index (χ1v) is 9.01. The Morgan fingerprint density at radius 2 is 1.92 bits per heavy atom. The van der Waals surface area contributed by atoms with Crippen molar-refractivity contribution >= 4 is 24.0 Å². The van der Waals surface area contributed by atoms with E-state index in [-0.39, 0.29) is 24.4 Å². The number of ether oxygens (including phenoxy) is 1. The van der Waals surface area contributed by atoms with Gasteiger partial charge in [0.15, 0.2) is 0 Å². The number of halogens is 1. The monoisotopic (exact) mass is 369 g/mol. The third kappa shape index (κ3) is 6.49. The lowest BCUT2D eigenvalue weighted by Gasteiger charge is -2.36. The van der Waals surface area contributed by atoms with Crippen LogP contribution < -0.4 is 15.4 Å². The highest BCUT2D eigenvalue weighted by atomic mass is 35.5. The molecule has 0 saturated carbocycles. The average molecular weight is 370 g/mol. The van der Waals surface area contributed by atoms with Gasteiger partial charge in [0.2, 0.25) is 5.91 Å². The molecule has 0 spiro atoms. The Morgan fingerprint density at radius 3 is 2.44 bits per heavy atom. The van der Waals surface area contributed by atoms with Gasteiger partial charge in [-0.25, -0.2) is 0 Å². The molecule has 1 fully saturated rings. The fraction of sp³-hybridized carbons (Fsp3) is 0.632. The van der Waals surface area contributed by atoms with E-state index in [0.29, 0.717) is 0 Å². The predicted octanol–water partition coefficient (Wildman–Crippen LogP) is 3.16. The number of anilines is 1. The quantitative estimate of drug-likeness (QED) is 0.739. The maximum Gasteiger partial charge on any atom is 0.241 e. The molecule has 142 valence electrons. The van der Waals surface area contributed by atoms with Crippen LogP contribution >= 0.6 is 12.4 Å². The molecule has 1 saturated heterocycles. The summed E-state index contributed by atoms with van der Waals surface area (Å²) in [6.07, 6.45) is 4.45. The molecule has 1 heterocycles. The Balaban J connectivity index is 0.00000312. The fourth-order valence-electron chi connectivity index (χ4n) is 3.41. The van der Waals surface area contributed by atoms with Crippen LogP contribution in [0.3, 0.4) is 0 Å². The lowest BCUT2D eigenvalue weighted by atomic mass is 9.92. The Hall–Kier alpha value is -1.30. The molecule has 1 amide bonds. The Bertz CT molecular complexity index is 502. The van der Waals surface area contributed by atoms with E-state index in [1.807, 2.05) is 31.3 Å². The van der Waals surface area contributed by atoms with Crippen LogP contribution in [0.4, 0.5) is 5.69 Å². The van der Waals surface area contributed by atoms with Crippen molar-refractivity contribution in [2.45, 2.75) is 38.6 Å². The normalized spacial score (nSPS) is 16.8. The molecule has 1 atom stereocenters. The second-order valence-corrected chi connectivity index (χ2v) is 6.51. The van der Waals surface area contributed by atoms with Gasteiger partial charge in [-0.3, -0.25) is 9.69 Å². The number of carbonyl (C=O) groups excluding carboxylic acids is 1. The van der Waals surface area contributed by atoms with E-state index in [4.69, 9.17) is 4.74 Å². The number of hydrogen-bond acceptors (Lipinski definition) is 4. The molecule has 1 aromatic rings. The zero-order valence-corrected chi connectivity index (χ0v) is 16.4. The number of carbonyl (C=O) groups is 1. The van der Waals surface area contributed by atoms with Gasteiger partial charge in [0, 0.05) is 5.69 Å². The molecule has 2 N–H and O–H groups in total. The third-order valence-electron chi connectivity index (χ3n) is 4.94. The van der Waals surface area contributed by atoms with Gasteiger partial charge in [-0.05, 0) is 82.5 Å². The van der Waals surface area contributed by atoms with Crippen LogP contribution in [0.25, 0.3) is 0 Å². The molecule has 1 aromatic carbocycles. The first-order chi connectivity index (χ1) is 11.7. The van der Waals surface area contributed by atoms with Gasteiger partial charge in [0.25, 0.3) is 0 Å². The number of amides is 1. The molecule has 1 aliphatic rings. The van der Waals surface area contributed by atoms with E-state index in [1.54, 1.807) is 7.11 Å². The van der Waals surface area contributed by atoms with Crippen LogP contribution in [-0.4, -0.2) is 50.6 Å². The van der Waals surface area contributed by atoms with Crippen molar-refractivity contribution in [1.82, 2.24) is 10.2 Å². The topological polar surface area (TPSA) is 53.6 Å². The van der Waals surface area contributed by atoms with E-state index in [0.717, 1.165) is 43.4 Å². The van der Waals surface area contributed by atoms with Crippen LogP contribution in [0.15, 0.2) is 24.3 Å². The van der Waals surface area contributed by atoms with Crippen LogP contribution in [0.5, 0.6) is 5.75 Å². The van der Waals surface area contributed by atoms with Crippen molar-refractivity contribution in [3.63, 3.8) is 0 Å². The minimum absolute atomic E-state index is 0. The molecule has 2 rings (SSSR count). The van der Waals surface area contributed by atoms with Crippen LogP contribution in [0.2, 0.25) is 0 Å². The Morgan fingerprint density at radius 1 is 1.28 bits per heavy atom. The Kier molecular flexibility index (Phi) is 9.86. The second kappa shape index (κ2) is 11.3. The number of hydrogen-bond donors (Lipinski definition) is 2. The van der Waals surface area contributed by atoms with Crippen molar-refractivity contribution in [3.8, 4) is 5.75 Å². The molecule has 5 nitrogen and oxygen atoms in total. The van der Waals surface area contributed by atoms with Gasteiger partial charge in [0.05, 0.1) is 13.2 Å². The van der Waals surface area contributed by atoms with E-state index in [9.17, 15) is 4.79 Å². The molecule has 1 aliphatic heterocycles. The molecule has 6 heteroatoms. The molecule has 0 aliphatic carbocycles. The zero-order valence-electron chi connectivity index (χ0n) is 15.6. The zero-order chi connectivity index (χ0) is 17.4. The number of rotatable bonds is 8. The largest absolute Gasteiger partial charge is 0.497 e. The number of likely N-dealkylation sites (tertiary alicyclic amines) is 1. The first kappa shape index (κ1) is 21.7. The van der Waals surface area contributed by atoms with Crippen molar-refractivity contribution in [2.24, 2.45) is 5.92 Å². The maximum atomic E-state index is 12.7. The van der Waals surface area contributed by atoms with E-state index < -0.39 is 0 Å². The van der Waals surface area contributed by atoms with Gasteiger partial charge in [-0.15, -0.1) is 12.4 Å². The minimum atomic E-state index is -0.0441. The highest BCUT2D eigenvalue weighted by molar-refractivity contribution is 5.94. The molecule has 25 heavy (non-hydrogen) atoms. The summed E-state index contributed by atoms with van der Waals surface area (Å²) in [6, 6.07) is 7.45. The van der Waals surface area contributed by atoms with E-state index >= 15 is 0 Å². The van der Waals surface area contributed by atoms with Gasteiger partial charge in [-0.1, -0.05) is 6.92 Å². The summed E-state index contributed by atoms with van der Waals surface area (Å²) in [5, 5.41) is 6.27. The molecule has 0 radical (unpaired) electrons. The van der Waals surface area contributed by atoms with Gasteiger partial charge in [-0.2, -0.15) is 0 Å². The average Bonchev–Trinajstić information content (AvgIpc) is 2.62. The number of nitrogens with one attached hydrogen (secondary N) is 2. The van der Waals surface area contributed by atoms with Crippen molar-refractivity contribution in [3.05, 3.63) is 24.3 Å². The van der Waals surface area contributed by atoms with Crippen molar-refractivity contribution in [2.75, 3.05) is 39.1 Å². The summed E-state index contributed by atoms with van der Waals surface area (Å²) >= 11 is 0. The van der Waals surface area contributed by atoms with Gasteiger partial charge in [0.1, 0.15) is 5.75 Å². The van der Waals surface area contributed by atoms with Crippen LogP contribution in [0, 0.1) is 5.92 Å². The number of piperidine rings is 1. The predicted molar refractivity (Wildman–Crippen MR) is 106 cm³/mol. The van der Waals surface area contributed by atoms with E-state index in [2.05, 4.69) is 22.5 Å². The fourth-order valence-corrected chi connectivity index (χ4v) is 3.41. The maximum absolute atomic E-state index is 12.7. The highest BCUT2D eigenvalue weighted by Crippen LogP contribution is 2.23. The standard InChI is InChI=1S/C19H31N3O2.ClH/c1-4-18(22-13-10-15(11-14-22)9-12-20-2)19(23)21-16-5-7-17(24-3)8-6-16;/h5-8,15,18,20H,4,9-14H2,1-3H3,(H,21,23);1H. The minimum Gasteiger partial charge on any atom is -0.497 e. The van der Waals surface area contributed by atoms with Crippen LogP contribution in [-0.2, 0) is 4.79 Å². The molecule has 1 unspecified atom stereocenters. The first-order valence-electron chi connectivity index (χ1n) is 9.01. The smallest absolute Gasteiger partial charge is 0.241 e. The summed E-state index contributed by atoms with van der Waals surface area (Å²) in [4.78, 5) is 15.0. The van der Waals surface area contributed by atoms with Crippen molar-refractivity contribution in [1.29, 1.82) is 0 Å². The second-order valence-electron chi connectivity index (χ2n) is 6.51. The van der Waals surface area contributed by atoms with Crippen molar-refractivity contribution < 1.29 is 9.53 Å². The van der Waals surface area contributed by atoms with Gasteiger partial charge < -0.3 is 15.4 Å². The SMILES string of the molecule is CCC(C(=O)Nc1ccc(OC)cc1)N1CCC(CCNC)CC1.Cl. The Labute approximate surface area is 157 Å². The van der Waals surface area contributed by atoms with Gasteiger partial charge >= 0.3 is 0 Å². The van der Waals surface area contributed by atoms with E-state index in [1.165, 1.54) is 19.3 Å². The highest BCUT2D eigenvalue weighted by Gasteiger charge is 2.28. The molecule has 0 aromatic heterocycles. The number of methoxy groups -OCH3 is 1. The molecular weight excluding hydrogens is 338 g/mol. The summed E-state index contributed by atoms with van der Waals surface area (Å²) in [5.41, 5.74) is 0.822.